The quantitative estimate of drug-likeness (QED) is 0.748. The van der Waals surface area contributed by atoms with Crippen LogP contribution < -0.4 is 0 Å². The number of hydrogen-bond donors (Lipinski definition) is 0. The Labute approximate surface area is 96.9 Å². The van der Waals surface area contributed by atoms with Gasteiger partial charge in [0.1, 0.15) is 5.69 Å². The lowest BCUT2D eigenvalue weighted by Gasteiger charge is -1.99. The summed E-state index contributed by atoms with van der Waals surface area (Å²) in [7, 11) is 0. The third-order valence-electron chi connectivity index (χ3n) is 1.55. The van der Waals surface area contributed by atoms with Crippen molar-refractivity contribution in [2.45, 2.75) is 0 Å². The van der Waals surface area contributed by atoms with Crippen molar-refractivity contribution in [3.63, 3.8) is 0 Å². The second kappa shape index (κ2) is 3.92. The van der Waals surface area contributed by atoms with Crippen molar-refractivity contribution in [2.24, 2.45) is 0 Å². The summed E-state index contributed by atoms with van der Waals surface area (Å²) in [5, 5.41) is 1.89. The van der Waals surface area contributed by atoms with Gasteiger partial charge in [-0.1, -0.05) is 0 Å². The Bertz CT molecular complexity index is 474. The molecule has 0 spiro atoms. The summed E-state index contributed by atoms with van der Waals surface area (Å²) in [6.45, 7) is 0. The summed E-state index contributed by atoms with van der Waals surface area (Å²) in [5.74, 6) is -0.474. The van der Waals surface area contributed by atoms with Crippen LogP contribution in [0.5, 0.6) is 0 Å². The highest BCUT2D eigenvalue weighted by atomic mass is 79.9. The van der Waals surface area contributed by atoms with E-state index in [0.717, 1.165) is 10.7 Å². The van der Waals surface area contributed by atoms with Crippen LogP contribution in [0.3, 0.4) is 0 Å². The van der Waals surface area contributed by atoms with Gasteiger partial charge in [0.25, 0.3) is 0 Å². The lowest BCUT2D eigenvalue weighted by atomic mass is 10.3. The molecule has 2 rings (SSSR count). The first kappa shape index (κ1) is 10.0. The Morgan fingerprint density at radius 1 is 1.50 bits per heavy atom. The van der Waals surface area contributed by atoms with Gasteiger partial charge in [0.15, 0.2) is 5.82 Å². The van der Waals surface area contributed by atoms with E-state index in [0.29, 0.717) is 4.88 Å². The van der Waals surface area contributed by atoms with Crippen LogP contribution in [0.25, 0.3) is 10.6 Å². The summed E-state index contributed by atoms with van der Waals surface area (Å²) in [4.78, 5) is 8.10. The molecule has 0 radical (unpaired) electrons. The van der Waals surface area contributed by atoms with Gasteiger partial charge >= 0.3 is 0 Å². The van der Waals surface area contributed by atoms with E-state index in [-0.39, 0.29) is 11.0 Å². The molecule has 0 aliphatic rings. The molecule has 0 bridgehead atoms. The van der Waals surface area contributed by atoms with E-state index in [1.807, 2.05) is 11.4 Å². The molecule has 2 aromatic rings. The van der Waals surface area contributed by atoms with E-state index < -0.39 is 5.82 Å². The van der Waals surface area contributed by atoms with Crippen molar-refractivity contribution in [1.82, 2.24) is 9.97 Å². The third kappa shape index (κ3) is 1.80. The number of aromatic nitrogens is 2. The molecule has 2 aromatic heterocycles. The summed E-state index contributed by atoms with van der Waals surface area (Å²) in [6.07, 6.45) is 1.07. The summed E-state index contributed by atoms with van der Waals surface area (Å²) < 4.78 is 14.1. The standard InChI is InChI=1S/C8H3BrClFN2S/c9-4-1-2-14-7(4)6-5(11)3-12-8(10)13-6/h1-3H. The maximum absolute atomic E-state index is 13.3. The minimum absolute atomic E-state index is 0.0432. The fourth-order valence-corrected chi connectivity index (χ4v) is 2.65. The van der Waals surface area contributed by atoms with Gasteiger partial charge in [-0.15, -0.1) is 11.3 Å². The van der Waals surface area contributed by atoms with E-state index in [4.69, 9.17) is 11.6 Å². The maximum Gasteiger partial charge on any atom is 0.223 e. The summed E-state index contributed by atoms with van der Waals surface area (Å²) >= 11 is 10.3. The molecule has 2 heterocycles. The molecular weight excluding hydrogens is 291 g/mol. The highest BCUT2D eigenvalue weighted by molar-refractivity contribution is 9.10. The Morgan fingerprint density at radius 3 is 2.93 bits per heavy atom. The highest BCUT2D eigenvalue weighted by Crippen LogP contribution is 2.33. The topological polar surface area (TPSA) is 25.8 Å². The zero-order valence-corrected chi connectivity index (χ0v) is 9.83. The van der Waals surface area contributed by atoms with Crippen molar-refractivity contribution in [3.05, 3.63) is 33.2 Å². The molecule has 0 saturated heterocycles. The number of rotatable bonds is 1. The largest absolute Gasteiger partial charge is 0.223 e. The van der Waals surface area contributed by atoms with Crippen LogP contribution in [0, 0.1) is 5.82 Å². The van der Waals surface area contributed by atoms with Gasteiger partial charge < -0.3 is 0 Å². The smallest absolute Gasteiger partial charge is 0.223 e. The minimum Gasteiger partial charge on any atom is -0.223 e. The normalized spacial score (nSPS) is 10.5. The molecule has 2 nitrogen and oxygen atoms in total. The maximum atomic E-state index is 13.3. The molecule has 0 atom stereocenters. The average molecular weight is 294 g/mol. The van der Waals surface area contributed by atoms with Gasteiger partial charge in [0, 0.05) is 4.47 Å². The van der Waals surface area contributed by atoms with Gasteiger partial charge in [0.05, 0.1) is 11.1 Å². The minimum atomic E-state index is -0.474. The van der Waals surface area contributed by atoms with Crippen LogP contribution in [-0.2, 0) is 0 Å². The molecule has 72 valence electrons. The van der Waals surface area contributed by atoms with Gasteiger partial charge in [0.2, 0.25) is 5.28 Å². The molecule has 0 N–H and O–H groups in total. The van der Waals surface area contributed by atoms with E-state index in [2.05, 4.69) is 25.9 Å². The fraction of sp³-hybridized carbons (Fsp3) is 0. The van der Waals surface area contributed by atoms with Crippen LogP contribution in [0.4, 0.5) is 4.39 Å². The molecule has 6 heteroatoms. The lowest BCUT2D eigenvalue weighted by Crippen LogP contribution is -1.90. The van der Waals surface area contributed by atoms with E-state index in [9.17, 15) is 4.39 Å². The van der Waals surface area contributed by atoms with E-state index in [1.165, 1.54) is 11.3 Å². The molecular formula is C8H3BrClFN2S. The molecule has 0 fully saturated rings. The SMILES string of the molecule is Fc1cnc(Cl)nc1-c1sccc1Br. The highest BCUT2D eigenvalue weighted by Gasteiger charge is 2.12. The zero-order valence-electron chi connectivity index (χ0n) is 6.67. The zero-order chi connectivity index (χ0) is 10.1. The Kier molecular flexibility index (Phi) is 2.80. The molecule has 14 heavy (non-hydrogen) atoms. The average Bonchev–Trinajstić information content (AvgIpc) is 2.56. The first-order valence-electron chi connectivity index (χ1n) is 3.60. The Morgan fingerprint density at radius 2 is 2.29 bits per heavy atom. The first-order valence-corrected chi connectivity index (χ1v) is 5.65. The molecule has 0 unspecified atom stereocenters. The number of halogens is 3. The van der Waals surface area contributed by atoms with Gasteiger partial charge in [-0.3, -0.25) is 0 Å². The first-order chi connectivity index (χ1) is 6.68. The van der Waals surface area contributed by atoms with Crippen LogP contribution >= 0.6 is 38.9 Å². The van der Waals surface area contributed by atoms with Gasteiger partial charge in [-0.25, -0.2) is 14.4 Å². The summed E-state index contributed by atoms with van der Waals surface area (Å²) in [6, 6.07) is 1.83. The molecule has 0 aliphatic heterocycles. The van der Waals surface area contributed by atoms with Crippen LogP contribution in [0.1, 0.15) is 0 Å². The second-order valence-electron chi connectivity index (χ2n) is 2.43. The third-order valence-corrected chi connectivity index (χ3v) is 3.57. The van der Waals surface area contributed by atoms with Crippen molar-refractivity contribution < 1.29 is 4.39 Å². The Balaban J connectivity index is 2.62. The summed E-state index contributed by atoms with van der Waals surface area (Å²) in [5.41, 5.74) is 0.229. The van der Waals surface area contributed by atoms with E-state index in [1.54, 1.807) is 0 Å². The Hall–Kier alpha value is -0.520. The second-order valence-corrected chi connectivity index (χ2v) is 4.54. The van der Waals surface area contributed by atoms with Crippen molar-refractivity contribution in [2.75, 3.05) is 0 Å². The van der Waals surface area contributed by atoms with E-state index >= 15 is 0 Å². The van der Waals surface area contributed by atoms with Gasteiger partial charge in [-0.2, -0.15) is 0 Å². The predicted molar refractivity (Wildman–Crippen MR) is 58.0 cm³/mol. The molecule has 0 aromatic carbocycles. The molecule has 0 saturated carbocycles. The fourth-order valence-electron chi connectivity index (χ4n) is 0.968. The van der Waals surface area contributed by atoms with Crippen molar-refractivity contribution in [1.29, 1.82) is 0 Å². The number of nitrogens with zero attached hydrogens (tertiary/aromatic N) is 2. The molecule has 0 amide bonds. The van der Waals surface area contributed by atoms with Crippen LogP contribution in [-0.4, -0.2) is 9.97 Å². The monoisotopic (exact) mass is 292 g/mol. The number of thiophene rings is 1. The van der Waals surface area contributed by atoms with Gasteiger partial charge in [-0.05, 0) is 39.0 Å². The lowest BCUT2D eigenvalue weighted by molar-refractivity contribution is 0.618. The molecule has 0 aliphatic carbocycles. The van der Waals surface area contributed by atoms with Crippen molar-refractivity contribution in [3.8, 4) is 10.6 Å². The van der Waals surface area contributed by atoms with Crippen molar-refractivity contribution >= 4 is 38.9 Å². The van der Waals surface area contributed by atoms with Crippen LogP contribution in [0.15, 0.2) is 22.1 Å². The van der Waals surface area contributed by atoms with Crippen LogP contribution in [0.2, 0.25) is 5.28 Å². The predicted octanol–water partition coefficient (Wildman–Crippen LogP) is 3.76. The number of hydrogen-bond acceptors (Lipinski definition) is 3.